The maximum absolute atomic E-state index is 11.0. The first-order chi connectivity index (χ1) is 8.83. The van der Waals surface area contributed by atoms with Crippen LogP contribution in [0.5, 0.6) is 11.5 Å². The summed E-state index contributed by atoms with van der Waals surface area (Å²) in [6.45, 7) is 0.126. The van der Waals surface area contributed by atoms with Crippen molar-refractivity contribution in [3.05, 3.63) is 23.8 Å². The molecule has 1 N–H and O–H groups in total. The van der Waals surface area contributed by atoms with Gasteiger partial charge in [-0.15, -0.1) is 0 Å². The van der Waals surface area contributed by atoms with E-state index in [9.17, 15) is 13.2 Å². The summed E-state index contributed by atoms with van der Waals surface area (Å²) in [5.74, 6) is -0.469. The molecule has 0 aromatic heterocycles. The first kappa shape index (κ1) is 15.3. The summed E-state index contributed by atoms with van der Waals surface area (Å²) in [6, 6.07) is 4.36. The van der Waals surface area contributed by atoms with E-state index in [2.05, 4.69) is 0 Å². The topological polar surface area (TPSA) is 89.9 Å². The van der Waals surface area contributed by atoms with Crippen LogP contribution < -0.4 is 9.47 Å². The number of aromatic carboxylic acids is 1. The molecule has 1 rings (SSSR count). The van der Waals surface area contributed by atoms with Gasteiger partial charge in [-0.25, -0.2) is 13.2 Å². The predicted octanol–water partition coefficient (Wildman–Crippen LogP) is 1.21. The number of methoxy groups -OCH3 is 1. The molecular formula is C12H16O6S. The summed E-state index contributed by atoms with van der Waals surface area (Å²) >= 11 is 0. The largest absolute Gasteiger partial charge is 0.497 e. The minimum Gasteiger partial charge on any atom is -0.497 e. The zero-order chi connectivity index (χ0) is 14.5. The second kappa shape index (κ2) is 6.42. The number of sulfone groups is 1. The van der Waals surface area contributed by atoms with Gasteiger partial charge >= 0.3 is 5.97 Å². The van der Waals surface area contributed by atoms with Crippen LogP contribution in [0.25, 0.3) is 0 Å². The third-order valence-electron chi connectivity index (χ3n) is 2.34. The predicted molar refractivity (Wildman–Crippen MR) is 69.8 cm³/mol. The Balaban J connectivity index is 2.72. The third kappa shape index (κ3) is 5.17. The van der Waals surface area contributed by atoms with Crippen LogP contribution in [-0.2, 0) is 9.84 Å². The quantitative estimate of drug-likeness (QED) is 0.758. The Morgan fingerprint density at radius 2 is 2.05 bits per heavy atom. The molecule has 0 unspecified atom stereocenters. The molecule has 0 spiro atoms. The Kier molecular flexibility index (Phi) is 5.17. The maximum Gasteiger partial charge on any atom is 0.339 e. The van der Waals surface area contributed by atoms with Crippen molar-refractivity contribution in [2.45, 2.75) is 6.42 Å². The highest BCUT2D eigenvalue weighted by Crippen LogP contribution is 2.25. The monoisotopic (exact) mass is 288 g/mol. The molecule has 0 atom stereocenters. The second-order valence-electron chi connectivity index (χ2n) is 4.00. The number of carboxylic acid groups (broad SMARTS) is 1. The average molecular weight is 288 g/mol. The normalized spacial score (nSPS) is 11.1. The Bertz CT molecular complexity index is 549. The molecule has 6 nitrogen and oxygen atoms in total. The molecule has 1 aromatic carbocycles. The zero-order valence-electron chi connectivity index (χ0n) is 10.8. The first-order valence-electron chi connectivity index (χ1n) is 5.55. The lowest BCUT2D eigenvalue weighted by Crippen LogP contribution is -2.10. The molecule has 0 heterocycles. The van der Waals surface area contributed by atoms with Gasteiger partial charge in [-0.05, 0) is 18.6 Å². The van der Waals surface area contributed by atoms with E-state index in [4.69, 9.17) is 14.6 Å². The molecule has 0 bridgehead atoms. The van der Waals surface area contributed by atoms with E-state index in [1.807, 2.05) is 0 Å². The lowest BCUT2D eigenvalue weighted by Gasteiger charge is -2.10. The van der Waals surface area contributed by atoms with Crippen LogP contribution >= 0.6 is 0 Å². The summed E-state index contributed by atoms with van der Waals surface area (Å²) in [5.41, 5.74) is 0.0140. The molecule has 106 valence electrons. The molecule has 0 aliphatic heterocycles. The number of carboxylic acids is 1. The van der Waals surface area contributed by atoms with Gasteiger partial charge in [0.15, 0.2) is 0 Å². The van der Waals surface area contributed by atoms with Gasteiger partial charge in [-0.3, -0.25) is 0 Å². The van der Waals surface area contributed by atoms with E-state index in [0.29, 0.717) is 12.2 Å². The maximum atomic E-state index is 11.0. The summed E-state index contributed by atoms with van der Waals surface area (Å²) in [6.07, 6.45) is 1.44. The van der Waals surface area contributed by atoms with Crippen molar-refractivity contribution in [1.82, 2.24) is 0 Å². The highest BCUT2D eigenvalue weighted by molar-refractivity contribution is 7.90. The van der Waals surface area contributed by atoms with Crippen molar-refractivity contribution >= 4 is 15.8 Å². The fourth-order valence-electron chi connectivity index (χ4n) is 1.43. The first-order valence-corrected chi connectivity index (χ1v) is 7.61. The lowest BCUT2D eigenvalue weighted by atomic mass is 10.2. The van der Waals surface area contributed by atoms with Crippen LogP contribution in [0.2, 0.25) is 0 Å². The number of hydrogen-bond donors (Lipinski definition) is 1. The highest BCUT2D eigenvalue weighted by Gasteiger charge is 2.12. The molecule has 7 heteroatoms. The Hall–Kier alpha value is -1.76. The number of benzene rings is 1. The molecular weight excluding hydrogens is 272 g/mol. The van der Waals surface area contributed by atoms with Crippen molar-refractivity contribution < 1.29 is 27.8 Å². The number of ether oxygens (including phenoxy) is 2. The van der Waals surface area contributed by atoms with E-state index in [-0.39, 0.29) is 23.7 Å². The van der Waals surface area contributed by atoms with Crippen molar-refractivity contribution in [2.75, 3.05) is 25.7 Å². The molecule has 0 amide bonds. The minimum atomic E-state index is -3.04. The fourth-order valence-corrected chi connectivity index (χ4v) is 2.07. The molecule has 0 saturated heterocycles. The van der Waals surface area contributed by atoms with Gasteiger partial charge in [-0.2, -0.15) is 0 Å². The van der Waals surface area contributed by atoms with E-state index in [1.165, 1.54) is 25.3 Å². The molecule has 19 heavy (non-hydrogen) atoms. The van der Waals surface area contributed by atoms with Gasteiger partial charge < -0.3 is 14.6 Å². The average Bonchev–Trinajstić information content (AvgIpc) is 2.33. The molecule has 0 fully saturated rings. The standard InChI is InChI=1S/C12H16O6S/c1-17-9-4-5-10(12(13)14)11(8-9)18-6-3-7-19(2,15)16/h4-5,8H,3,6-7H2,1-2H3,(H,13,14). The van der Waals surface area contributed by atoms with Crippen molar-refractivity contribution in [1.29, 1.82) is 0 Å². The van der Waals surface area contributed by atoms with E-state index in [1.54, 1.807) is 0 Å². The molecule has 0 aliphatic carbocycles. The Morgan fingerprint density at radius 1 is 1.37 bits per heavy atom. The molecule has 0 aliphatic rings. The smallest absolute Gasteiger partial charge is 0.339 e. The van der Waals surface area contributed by atoms with Crippen LogP contribution in [0.4, 0.5) is 0 Å². The second-order valence-corrected chi connectivity index (χ2v) is 6.26. The fraction of sp³-hybridized carbons (Fsp3) is 0.417. The van der Waals surface area contributed by atoms with Crippen LogP contribution in [0.1, 0.15) is 16.8 Å². The van der Waals surface area contributed by atoms with Crippen LogP contribution in [0.15, 0.2) is 18.2 Å². The molecule has 0 radical (unpaired) electrons. The number of hydrogen-bond acceptors (Lipinski definition) is 5. The van der Waals surface area contributed by atoms with Crippen molar-refractivity contribution in [3.8, 4) is 11.5 Å². The van der Waals surface area contributed by atoms with E-state index < -0.39 is 15.8 Å². The summed E-state index contributed by atoms with van der Waals surface area (Å²) in [5, 5.41) is 9.00. The van der Waals surface area contributed by atoms with Crippen LogP contribution in [0.3, 0.4) is 0 Å². The molecule has 1 aromatic rings. The highest BCUT2D eigenvalue weighted by atomic mass is 32.2. The van der Waals surface area contributed by atoms with Gasteiger partial charge in [0, 0.05) is 12.3 Å². The Morgan fingerprint density at radius 3 is 2.58 bits per heavy atom. The van der Waals surface area contributed by atoms with E-state index >= 15 is 0 Å². The van der Waals surface area contributed by atoms with Crippen molar-refractivity contribution in [3.63, 3.8) is 0 Å². The van der Waals surface area contributed by atoms with Gasteiger partial charge in [0.05, 0.1) is 19.5 Å². The van der Waals surface area contributed by atoms with E-state index in [0.717, 1.165) is 6.26 Å². The zero-order valence-corrected chi connectivity index (χ0v) is 11.6. The van der Waals surface area contributed by atoms with Crippen LogP contribution in [-0.4, -0.2) is 45.2 Å². The van der Waals surface area contributed by atoms with Crippen LogP contribution in [0, 0.1) is 0 Å². The van der Waals surface area contributed by atoms with Gasteiger partial charge in [0.1, 0.15) is 26.9 Å². The number of carbonyl (C=O) groups is 1. The van der Waals surface area contributed by atoms with Gasteiger partial charge in [-0.1, -0.05) is 0 Å². The van der Waals surface area contributed by atoms with Gasteiger partial charge in [0.25, 0.3) is 0 Å². The summed E-state index contributed by atoms with van der Waals surface area (Å²) in [4.78, 5) is 11.0. The molecule has 0 saturated carbocycles. The SMILES string of the molecule is COc1ccc(C(=O)O)c(OCCCS(C)(=O)=O)c1. The Labute approximate surface area is 111 Å². The summed E-state index contributed by atoms with van der Waals surface area (Å²) in [7, 11) is -1.58. The van der Waals surface area contributed by atoms with Crippen molar-refractivity contribution in [2.24, 2.45) is 0 Å². The van der Waals surface area contributed by atoms with Gasteiger partial charge in [0.2, 0.25) is 0 Å². The number of rotatable bonds is 7. The lowest BCUT2D eigenvalue weighted by molar-refractivity contribution is 0.0692. The summed E-state index contributed by atoms with van der Waals surface area (Å²) < 4.78 is 32.2. The third-order valence-corrected chi connectivity index (χ3v) is 3.37. The minimum absolute atomic E-state index is 0.000622.